The molecule has 0 spiro atoms. The van der Waals surface area contributed by atoms with Crippen LogP contribution in [0.3, 0.4) is 0 Å². The number of phenolic OH excluding ortho intramolecular Hbond substituents is 3. The van der Waals surface area contributed by atoms with Gasteiger partial charge in [-0.1, -0.05) is 6.07 Å². The van der Waals surface area contributed by atoms with Gasteiger partial charge in [0.25, 0.3) is 0 Å². The van der Waals surface area contributed by atoms with Crippen molar-refractivity contribution in [2.45, 2.75) is 36.8 Å². The molecule has 2 aromatic rings. The van der Waals surface area contributed by atoms with Gasteiger partial charge in [0.2, 0.25) is 6.29 Å². The molecule has 1 fully saturated rings. The van der Waals surface area contributed by atoms with Crippen LogP contribution in [-0.2, 0) is 9.47 Å². The second-order valence-electron chi connectivity index (χ2n) is 7.67. The van der Waals surface area contributed by atoms with E-state index < -0.39 is 49.2 Å². The van der Waals surface area contributed by atoms with E-state index in [0.717, 1.165) is 0 Å². The van der Waals surface area contributed by atoms with Gasteiger partial charge in [0.05, 0.1) is 19.3 Å². The Labute approximate surface area is 187 Å². The highest BCUT2D eigenvalue weighted by atomic mass is 16.7. The lowest BCUT2D eigenvalue weighted by Gasteiger charge is -2.41. The number of aliphatic hydroxyl groups is 4. The summed E-state index contributed by atoms with van der Waals surface area (Å²) in [5.41, 5.74) is 0.739. The minimum Gasteiger partial charge on any atom is -0.508 e. The first-order valence-electron chi connectivity index (χ1n) is 10.0. The minimum absolute atomic E-state index is 0.0564. The third-order valence-corrected chi connectivity index (χ3v) is 5.50. The summed E-state index contributed by atoms with van der Waals surface area (Å²) in [7, 11) is 1.39. The molecule has 33 heavy (non-hydrogen) atoms. The van der Waals surface area contributed by atoms with Crippen LogP contribution in [0.15, 0.2) is 36.1 Å². The Balaban J connectivity index is 1.76. The van der Waals surface area contributed by atoms with E-state index in [1.165, 1.54) is 43.5 Å². The lowest BCUT2D eigenvalue weighted by molar-refractivity contribution is -0.293. The first-order valence-corrected chi connectivity index (χ1v) is 10.0. The zero-order valence-electron chi connectivity index (χ0n) is 17.4. The summed E-state index contributed by atoms with van der Waals surface area (Å²) in [5, 5.41) is 69.5. The molecule has 2 aromatic carbocycles. The van der Waals surface area contributed by atoms with Crippen molar-refractivity contribution in [1.29, 1.82) is 0 Å². The van der Waals surface area contributed by atoms with Gasteiger partial charge in [0.1, 0.15) is 47.4 Å². The van der Waals surface area contributed by atoms with Gasteiger partial charge in [-0.2, -0.15) is 0 Å². The summed E-state index contributed by atoms with van der Waals surface area (Å²) in [5.74, 6) is -0.347. The van der Waals surface area contributed by atoms with Crippen molar-refractivity contribution in [1.82, 2.24) is 0 Å². The fourth-order valence-corrected chi connectivity index (χ4v) is 3.73. The summed E-state index contributed by atoms with van der Waals surface area (Å²) in [4.78, 5) is 0. The fraction of sp³-hybridized carbons (Fsp3) is 0.364. The number of phenols is 3. The summed E-state index contributed by atoms with van der Waals surface area (Å²) in [6.07, 6.45) is -7.09. The highest BCUT2D eigenvalue weighted by molar-refractivity contribution is 5.70. The molecule has 0 aromatic heterocycles. The third-order valence-electron chi connectivity index (χ3n) is 5.50. The van der Waals surface area contributed by atoms with E-state index in [4.69, 9.17) is 18.9 Å². The quantitative estimate of drug-likeness (QED) is 0.299. The van der Waals surface area contributed by atoms with Gasteiger partial charge in [0.15, 0.2) is 17.6 Å². The minimum atomic E-state index is -1.67. The Hall–Kier alpha value is -3.22. The van der Waals surface area contributed by atoms with Crippen molar-refractivity contribution in [3.05, 3.63) is 47.2 Å². The first kappa shape index (κ1) is 23.0. The maximum Gasteiger partial charge on any atom is 0.228 e. The molecule has 4 rings (SSSR count). The number of aromatic hydroxyl groups is 3. The van der Waals surface area contributed by atoms with Crippen LogP contribution in [0.25, 0.3) is 6.08 Å². The van der Waals surface area contributed by atoms with Gasteiger partial charge in [-0.05, 0) is 18.2 Å². The molecule has 1 saturated heterocycles. The van der Waals surface area contributed by atoms with E-state index in [1.54, 1.807) is 0 Å². The van der Waals surface area contributed by atoms with Crippen molar-refractivity contribution < 1.29 is 54.7 Å². The van der Waals surface area contributed by atoms with Gasteiger partial charge in [-0.25, -0.2) is 0 Å². The molecule has 178 valence electrons. The Morgan fingerprint density at radius 3 is 2.36 bits per heavy atom. The van der Waals surface area contributed by atoms with Gasteiger partial charge in [-0.3, -0.25) is 0 Å². The van der Waals surface area contributed by atoms with Crippen LogP contribution < -0.4 is 9.47 Å². The van der Waals surface area contributed by atoms with E-state index in [1.807, 2.05) is 0 Å². The Morgan fingerprint density at radius 2 is 1.70 bits per heavy atom. The van der Waals surface area contributed by atoms with Gasteiger partial charge >= 0.3 is 0 Å². The van der Waals surface area contributed by atoms with Gasteiger partial charge in [0, 0.05) is 17.7 Å². The molecule has 2 heterocycles. The lowest BCUT2D eigenvalue weighted by atomic mass is 9.98. The van der Waals surface area contributed by atoms with Crippen LogP contribution in [0.2, 0.25) is 0 Å². The summed E-state index contributed by atoms with van der Waals surface area (Å²) in [6.45, 7) is -0.633. The second kappa shape index (κ2) is 8.96. The average Bonchev–Trinajstić information content (AvgIpc) is 2.80. The number of ether oxygens (including phenoxy) is 4. The highest BCUT2D eigenvalue weighted by Crippen LogP contribution is 2.45. The van der Waals surface area contributed by atoms with Crippen LogP contribution in [0.5, 0.6) is 28.7 Å². The lowest BCUT2D eigenvalue weighted by Crippen LogP contribution is -2.59. The molecule has 11 heteroatoms. The van der Waals surface area contributed by atoms with Crippen LogP contribution in [0, 0.1) is 0 Å². The van der Waals surface area contributed by atoms with Crippen molar-refractivity contribution in [2.75, 3.05) is 13.7 Å². The molecule has 2 aliphatic heterocycles. The molecule has 7 N–H and O–H groups in total. The number of hydrogen-bond acceptors (Lipinski definition) is 11. The molecule has 0 radical (unpaired) electrons. The zero-order chi connectivity index (χ0) is 23.9. The van der Waals surface area contributed by atoms with E-state index in [2.05, 4.69) is 0 Å². The average molecular weight is 464 g/mol. The monoisotopic (exact) mass is 464 g/mol. The molecule has 6 atom stereocenters. The van der Waals surface area contributed by atoms with Crippen LogP contribution in [-0.4, -0.2) is 80.2 Å². The maximum atomic E-state index is 10.4. The van der Waals surface area contributed by atoms with Crippen molar-refractivity contribution >= 4 is 6.08 Å². The molecule has 2 aliphatic rings. The third kappa shape index (κ3) is 4.24. The summed E-state index contributed by atoms with van der Waals surface area (Å²) < 4.78 is 22.6. The molecule has 0 saturated carbocycles. The summed E-state index contributed by atoms with van der Waals surface area (Å²) in [6, 6.07) is 6.67. The van der Waals surface area contributed by atoms with E-state index >= 15 is 0 Å². The van der Waals surface area contributed by atoms with Crippen LogP contribution >= 0.6 is 0 Å². The van der Waals surface area contributed by atoms with E-state index in [0.29, 0.717) is 11.1 Å². The van der Waals surface area contributed by atoms with Crippen molar-refractivity contribution in [3.8, 4) is 28.7 Å². The number of benzene rings is 2. The molecular formula is C22H24O11. The van der Waals surface area contributed by atoms with Gasteiger partial charge in [-0.15, -0.1) is 0 Å². The van der Waals surface area contributed by atoms with Gasteiger partial charge < -0.3 is 54.7 Å². The topological polar surface area (TPSA) is 179 Å². The fourth-order valence-electron chi connectivity index (χ4n) is 3.73. The second-order valence-corrected chi connectivity index (χ2v) is 7.67. The van der Waals surface area contributed by atoms with Crippen LogP contribution in [0.1, 0.15) is 17.2 Å². The van der Waals surface area contributed by atoms with E-state index in [9.17, 15) is 35.7 Å². The van der Waals surface area contributed by atoms with Crippen molar-refractivity contribution in [2.24, 2.45) is 0 Å². The number of fused-ring (bicyclic) bond motifs is 1. The largest absolute Gasteiger partial charge is 0.508 e. The predicted molar refractivity (Wildman–Crippen MR) is 111 cm³/mol. The highest BCUT2D eigenvalue weighted by Gasteiger charge is 2.46. The predicted octanol–water partition coefficient (Wildman–Crippen LogP) is 0.103. The Kier molecular flexibility index (Phi) is 6.23. The molecule has 1 unspecified atom stereocenters. The smallest absolute Gasteiger partial charge is 0.228 e. The van der Waals surface area contributed by atoms with Crippen LogP contribution in [0.4, 0.5) is 0 Å². The molecule has 0 amide bonds. The summed E-state index contributed by atoms with van der Waals surface area (Å²) >= 11 is 0. The zero-order valence-corrected chi connectivity index (χ0v) is 17.4. The number of aliphatic hydroxyl groups excluding tert-OH is 4. The Morgan fingerprint density at radius 1 is 0.939 bits per heavy atom. The standard InChI is InChI=1S/C22H24O11/c1-30-14-5-10(24)6-15-11(14)7-16(21(31-15)9-2-3-12(25)13(26)4-9)32-22-20(29)19(28)18(27)17(8-23)33-22/h2-7,17-29H,8H2,1H3/t17-,18-,19+,20-,21?,22-/m1/s1. The first-order chi connectivity index (χ1) is 15.7. The normalized spacial score (nSPS) is 28.9. The molecule has 11 nitrogen and oxygen atoms in total. The number of hydrogen-bond donors (Lipinski definition) is 7. The maximum absolute atomic E-state index is 10.4. The molecular weight excluding hydrogens is 440 g/mol. The number of rotatable bonds is 5. The molecule has 0 bridgehead atoms. The molecule has 0 aliphatic carbocycles. The SMILES string of the molecule is COc1cc(O)cc2c1C=C(O[C@@H]1O[C@H](CO)[C@@H](O)[C@H](O)[C@H]1O)C(c1ccc(O)c(O)c1)O2. The number of methoxy groups -OCH3 is 1. The van der Waals surface area contributed by atoms with Crippen molar-refractivity contribution in [3.63, 3.8) is 0 Å². The Bertz CT molecular complexity index is 1050. The van der Waals surface area contributed by atoms with E-state index in [-0.39, 0.29) is 28.8 Å².